The predicted molar refractivity (Wildman–Crippen MR) is 132 cm³/mol. The maximum absolute atomic E-state index is 3.86. The van der Waals surface area contributed by atoms with Crippen molar-refractivity contribution in [3.8, 4) is 0 Å². The molecule has 0 aromatic carbocycles. The first kappa shape index (κ1) is 34.8. The molecular weight excluding hydrogens is 527 g/mol. The minimum atomic E-state index is -1.83. The average Bonchev–Trinajstić information content (AvgIpc) is 3.10. The van der Waals surface area contributed by atoms with Crippen LogP contribution in [-0.2, 0) is 26.2 Å². The molecule has 180 valence electrons. The van der Waals surface area contributed by atoms with Gasteiger partial charge >= 0.3 is 26.2 Å². The summed E-state index contributed by atoms with van der Waals surface area (Å²) in [5, 5.41) is 3.42. The Morgan fingerprint density at radius 1 is 0.531 bits per heavy atom. The van der Waals surface area contributed by atoms with Gasteiger partial charge in [0.25, 0.3) is 0 Å². The van der Waals surface area contributed by atoms with Crippen molar-refractivity contribution >= 4 is 8.07 Å². The molecule has 2 aliphatic rings. The summed E-state index contributed by atoms with van der Waals surface area (Å²) in [6.45, 7) is 33.6. The summed E-state index contributed by atoms with van der Waals surface area (Å²) < 4.78 is 0. The summed E-state index contributed by atoms with van der Waals surface area (Å²) in [6, 6.07) is 0. The third kappa shape index (κ3) is 6.86. The van der Waals surface area contributed by atoms with Gasteiger partial charge in [0.05, 0.1) is 8.07 Å². The largest absolute Gasteiger partial charge is 4.00 e. The van der Waals surface area contributed by atoms with E-state index in [1.807, 2.05) is 0 Å². The molecule has 0 aromatic heterocycles. The van der Waals surface area contributed by atoms with E-state index in [0.717, 1.165) is 12.8 Å². The van der Waals surface area contributed by atoms with Gasteiger partial charge in [0, 0.05) is 0 Å². The molecule has 0 aliphatic heterocycles. The van der Waals surface area contributed by atoms with Gasteiger partial charge in [-0.25, -0.2) is 11.1 Å². The Kier molecular flexibility index (Phi) is 11.7. The molecule has 0 nitrogen and oxygen atoms in total. The summed E-state index contributed by atoms with van der Waals surface area (Å²) >= 11 is 0. The Hall–Kier alpha value is 0.640. The van der Waals surface area contributed by atoms with E-state index in [-0.39, 0.29) is 72.7 Å². The fourth-order valence-corrected chi connectivity index (χ4v) is 8.87. The zero-order valence-electron chi connectivity index (χ0n) is 23.2. The van der Waals surface area contributed by atoms with Crippen LogP contribution in [-0.4, -0.2) is 8.07 Å². The third-order valence-corrected chi connectivity index (χ3v) is 10.4. The molecular formula is C28H46Cl2SiZr. The van der Waals surface area contributed by atoms with Crippen LogP contribution in [0.2, 0.25) is 13.1 Å². The number of hydrogen-bond acceptors (Lipinski definition) is 0. The maximum atomic E-state index is 3.86. The molecule has 0 heterocycles. The molecule has 32 heavy (non-hydrogen) atoms. The SMILES string of the molecule is CC(C)(C)C1=[C-]CC([Si](C)(C)C2=C(C(C)(C)C)C(C(C)(C)C)=[C-]C2)=C1C(C)(C)C.[Cl-].[Cl-].[Zr+4]. The van der Waals surface area contributed by atoms with Crippen LogP contribution in [0.5, 0.6) is 0 Å². The van der Waals surface area contributed by atoms with E-state index < -0.39 is 8.07 Å². The number of rotatable bonds is 2. The van der Waals surface area contributed by atoms with Crippen molar-refractivity contribution in [3.63, 3.8) is 0 Å². The Morgan fingerprint density at radius 2 is 0.781 bits per heavy atom. The van der Waals surface area contributed by atoms with Crippen molar-refractivity contribution < 1.29 is 51.0 Å². The van der Waals surface area contributed by atoms with E-state index in [9.17, 15) is 0 Å². The Morgan fingerprint density at radius 3 is 0.969 bits per heavy atom. The van der Waals surface area contributed by atoms with Crippen LogP contribution in [0.1, 0.15) is 95.9 Å². The Balaban J connectivity index is 0. The predicted octanol–water partition coefficient (Wildman–Crippen LogP) is 2.82. The summed E-state index contributed by atoms with van der Waals surface area (Å²) in [5.41, 5.74) is 6.72. The molecule has 0 fully saturated rings. The first-order chi connectivity index (χ1) is 12.7. The van der Waals surface area contributed by atoms with E-state index in [1.165, 1.54) is 11.1 Å². The molecule has 2 rings (SSSR count). The molecule has 0 atom stereocenters. The summed E-state index contributed by atoms with van der Waals surface area (Å²) in [7, 11) is -1.83. The maximum Gasteiger partial charge on any atom is 4.00 e. The van der Waals surface area contributed by atoms with Gasteiger partial charge in [0.2, 0.25) is 0 Å². The van der Waals surface area contributed by atoms with Crippen LogP contribution in [0, 0.1) is 33.8 Å². The van der Waals surface area contributed by atoms with E-state index in [4.69, 9.17) is 0 Å². The molecule has 4 heteroatoms. The van der Waals surface area contributed by atoms with Crippen molar-refractivity contribution in [2.45, 2.75) is 109 Å². The van der Waals surface area contributed by atoms with Crippen molar-refractivity contribution in [3.05, 3.63) is 44.8 Å². The van der Waals surface area contributed by atoms with Gasteiger partial charge in [-0.1, -0.05) is 107 Å². The first-order valence-corrected chi connectivity index (χ1v) is 14.4. The second-order valence-corrected chi connectivity index (χ2v) is 18.2. The molecule has 2 aliphatic carbocycles. The fraction of sp³-hybridized carbons (Fsp3) is 0.714. The molecule has 0 saturated carbocycles. The molecule has 0 aromatic rings. The first-order valence-electron chi connectivity index (χ1n) is 11.4. The van der Waals surface area contributed by atoms with Crippen molar-refractivity contribution in [1.82, 2.24) is 0 Å². The molecule has 0 unspecified atom stereocenters. The van der Waals surface area contributed by atoms with E-state index in [1.54, 1.807) is 21.5 Å². The monoisotopic (exact) mass is 570 g/mol. The smallest absolute Gasteiger partial charge is 1.00 e. The van der Waals surface area contributed by atoms with Crippen molar-refractivity contribution in [2.24, 2.45) is 21.7 Å². The normalized spacial score (nSPS) is 18.1. The topological polar surface area (TPSA) is 0 Å². The zero-order chi connectivity index (χ0) is 22.8. The van der Waals surface area contributed by atoms with Crippen LogP contribution >= 0.6 is 0 Å². The van der Waals surface area contributed by atoms with Gasteiger partial charge in [0.15, 0.2) is 0 Å². The second-order valence-electron chi connectivity index (χ2n) is 13.8. The van der Waals surface area contributed by atoms with Crippen LogP contribution in [0.15, 0.2) is 32.7 Å². The van der Waals surface area contributed by atoms with Gasteiger partial charge in [-0.2, -0.15) is 21.5 Å². The quantitative estimate of drug-likeness (QED) is 0.353. The van der Waals surface area contributed by atoms with Crippen LogP contribution in [0.3, 0.4) is 0 Å². The number of allylic oxidation sites excluding steroid dienone is 8. The summed E-state index contributed by atoms with van der Waals surface area (Å²) in [4.78, 5) is 0. The fourth-order valence-electron chi connectivity index (χ4n) is 5.19. The minimum Gasteiger partial charge on any atom is -1.00 e. The van der Waals surface area contributed by atoms with Crippen LogP contribution in [0.25, 0.3) is 0 Å². The second kappa shape index (κ2) is 10.7. The van der Waals surface area contributed by atoms with Gasteiger partial charge in [-0.05, 0) is 10.8 Å². The van der Waals surface area contributed by atoms with Crippen LogP contribution in [0.4, 0.5) is 0 Å². The molecule has 0 radical (unpaired) electrons. The molecule has 0 saturated heterocycles. The molecule has 0 amide bonds. The van der Waals surface area contributed by atoms with E-state index in [2.05, 4.69) is 108 Å². The van der Waals surface area contributed by atoms with Crippen molar-refractivity contribution in [2.75, 3.05) is 0 Å². The zero-order valence-corrected chi connectivity index (χ0v) is 28.1. The molecule has 0 N–H and O–H groups in total. The number of halogens is 2. The summed E-state index contributed by atoms with van der Waals surface area (Å²) in [6.07, 6.45) is 9.75. The van der Waals surface area contributed by atoms with Gasteiger partial charge < -0.3 is 24.8 Å². The van der Waals surface area contributed by atoms with Gasteiger partial charge in [-0.3, -0.25) is 12.2 Å². The third-order valence-electron chi connectivity index (χ3n) is 6.50. The van der Waals surface area contributed by atoms with E-state index in [0.29, 0.717) is 0 Å². The van der Waals surface area contributed by atoms with E-state index >= 15 is 0 Å². The summed E-state index contributed by atoms with van der Waals surface area (Å²) in [5.74, 6) is 0. The van der Waals surface area contributed by atoms with Gasteiger partial charge in [-0.15, -0.1) is 12.8 Å². The van der Waals surface area contributed by atoms with Gasteiger partial charge in [0.1, 0.15) is 0 Å². The number of hydrogen-bond donors (Lipinski definition) is 0. The van der Waals surface area contributed by atoms with Crippen LogP contribution < -0.4 is 24.8 Å². The average molecular weight is 573 g/mol. The standard InChI is InChI=1S/C28H46Si.2ClH.Zr/c1-25(2,3)19-15-17-21(23(19)27(7,8)9)29(13,14)22-18-16-20(26(4,5)6)24(22)28(10,11)12;;;/h17-18H2,1-14H3;2*1H;/q-2;;;+4/p-2. The molecule has 0 bridgehead atoms. The Labute approximate surface area is 233 Å². The van der Waals surface area contributed by atoms with Crippen molar-refractivity contribution in [1.29, 1.82) is 0 Å². The Bertz CT molecular complexity index is 743. The molecule has 0 spiro atoms. The minimum absolute atomic E-state index is 0.